The van der Waals surface area contributed by atoms with Gasteiger partial charge in [0.05, 0.1) is 11.7 Å². The summed E-state index contributed by atoms with van der Waals surface area (Å²) >= 11 is 0. The number of nitrogen functional groups attached to an aromatic ring is 1. The van der Waals surface area contributed by atoms with Crippen molar-refractivity contribution in [3.05, 3.63) is 60.3 Å². The summed E-state index contributed by atoms with van der Waals surface area (Å²) in [6.45, 7) is 0.872. The molecule has 1 heterocycles. The van der Waals surface area contributed by atoms with Crippen LogP contribution in [0.5, 0.6) is 0 Å². The monoisotopic (exact) mass is 237 g/mol. The first-order valence-corrected chi connectivity index (χ1v) is 6.08. The quantitative estimate of drug-likeness (QED) is 0.712. The molecule has 0 spiro atoms. The summed E-state index contributed by atoms with van der Waals surface area (Å²) in [7, 11) is 0. The van der Waals surface area contributed by atoms with Crippen LogP contribution in [-0.4, -0.2) is 9.78 Å². The molecule has 0 radical (unpaired) electrons. The number of nitrogens with zero attached hydrogens (tertiary/aromatic N) is 2. The average Bonchev–Trinajstić information content (AvgIpc) is 2.80. The Morgan fingerprint density at radius 3 is 2.72 bits per heavy atom. The Bertz CT molecular complexity index is 656. The summed E-state index contributed by atoms with van der Waals surface area (Å²) in [4.78, 5) is 0. The molecule has 0 bridgehead atoms. The van der Waals surface area contributed by atoms with Crippen molar-refractivity contribution in [1.82, 2.24) is 9.78 Å². The van der Waals surface area contributed by atoms with Gasteiger partial charge in [-0.1, -0.05) is 30.3 Å². The summed E-state index contributed by atoms with van der Waals surface area (Å²) in [6.07, 6.45) is 2.87. The van der Waals surface area contributed by atoms with Crippen LogP contribution in [-0.2, 0) is 13.0 Å². The molecule has 0 aliphatic rings. The van der Waals surface area contributed by atoms with Crippen molar-refractivity contribution in [3.8, 4) is 0 Å². The third-order valence-corrected chi connectivity index (χ3v) is 3.12. The molecule has 3 aromatic rings. The third-order valence-electron chi connectivity index (χ3n) is 3.12. The Hall–Kier alpha value is -2.29. The molecule has 3 nitrogen and oxygen atoms in total. The first-order valence-electron chi connectivity index (χ1n) is 6.08. The largest absolute Gasteiger partial charge is 0.399 e. The van der Waals surface area contributed by atoms with E-state index in [1.54, 1.807) is 0 Å². The van der Waals surface area contributed by atoms with E-state index in [4.69, 9.17) is 5.73 Å². The maximum atomic E-state index is 5.82. The van der Waals surface area contributed by atoms with Gasteiger partial charge in [-0.2, -0.15) is 5.10 Å². The second kappa shape index (κ2) is 4.53. The number of anilines is 1. The fraction of sp³-hybridized carbons (Fsp3) is 0.133. The minimum absolute atomic E-state index is 0.781. The fourth-order valence-corrected chi connectivity index (χ4v) is 2.15. The van der Waals surface area contributed by atoms with Crippen LogP contribution in [0.3, 0.4) is 0 Å². The van der Waals surface area contributed by atoms with E-state index in [1.165, 1.54) is 5.56 Å². The molecule has 90 valence electrons. The van der Waals surface area contributed by atoms with E-state index in [-0.39, 0.29) is 0 Å². The highest BCUT2D eigenvalue weighted by molar-refractivity contribution is 5.81. The molecule has 2 N–H and O–H groups in total. The number of fused-ring (bicyclic) bond motifs is 1. The smallest absolute Gasteiger partial charge is 0.0702 e. The molecule has 0 amide bonds. The van der Waals surface area contributed by atoms with E-state index in [1.807, 2.05) is 35.1 Å². The van der Waals surface area contributed by atoms with E-state index in [0.29, 0.717) is 0 Å². The van der Waals surface area contributed by atoms with Crippen LogP contribution in [0.15, 0.2) is 54.7 Å². The van der Waals surface area contributed by atoms with Gasteiger partial charge in [-0.05, 0) is 30.2 Å². The van der Waals surface area contributed by atoms with Gasteiger partial charge in [-0.15, -0.1) is 0 Å². The van der Waals surface area contributed by atoms with Crippen LogP contribution in [0.2, 0.25) is 0 Å². The van der Waals surface area contributed by atoms with Gasteiger partial charge in [0.2, 0.25) is 0 Å². The maximum Gasteiger partial charge on any atom is 0.0702 e. The lowest BCUT2D eigenvalue weighted by atomic mass is 10.1. The first kappa shape index (κ1) is 10.8. The first-order chi connectivity index (χ1) is 8.83. The van der Waals surface area contributed by atoms with Gasteiger partial charge in [0.1, 0.15) is 0 Å². The minimum atomic E-state index is 0.781. The second-order valence-corrected chi connectivity index (χ2v) is 4.42. The van der Waals surface area contributed by atoms with Gasteiger partial charge >= 0.3 is 0 Å². The van der Waals surface area contributed by atoms with Gasteiger partial charge < -0.3 is 5.73 Å². The number of nitrogens with two attached hydrogens (primary N) is 1. The maximum absolute atomic E-state index is 5.82. The third kappa shape index (κ3) is 2.07. The van der Waals surface area contributed by atoms with Gasteiger partial charge in [0, 0.05) is 17.6 Å². The molecule has 0 aliphatic carbocycles. The number of benzene rings is 2. The fourth-order valence-electron chi connectivity index (χ4n) is 2.15. The summed E-state index contributed by atoms with van der Waals surface area (Å²) in [5.41, 5.74) is 9.03. The van der Waals surface area contributed by atoms with Crippen LogP contribution in [0.25, 0.3) is 10.9 Å². The zero-order valence-corrected chi connectivity index (χ0v) is 10.1. The number of hydrogen-bond acceptors (Lipinski definition) is 2. The standard InChI is InChI=1S/C15H15N3/c16-14-7-6-13-11-17-18(15(13)10-14)9-8-12-4-2-1-3-5-12/h1-7,10-11H,8-9,16H2. The van der Waals surface area contributed by atoms with E-state index in [2.05, 4.69) is 29.4 Å². The summed E-state index contributed by atoms with van der Waals surface area (Å²) < 4.78 is 2.01. The number of rotatable bonds is 3. The molecule has 0 fully saturated rings. The molecule has 18 heavy (non-hydrogen) atoms. The van der Waals surface area contributed by atoms with E-state index in [9.17, 15) is 0 Å². The van der Waals surface area contributed by atoms with Crippen molar-refractivity contribution >= 4 is 16.6 Å². The zero-order valence-electron chi connectivity index (χ0n) is 10.1. The molecule has 0 saturated carbocycles. The lowest BCUT2D eigenvalue weighted by molar-refractivity contribution is 0.635. The highest BCUT2D eigenvalue weighted by atomic mass is 15.3. The molecule has 0 unspecified atom stereocenters. The van der Waals surface area contributed by atoms with Gasteiger partial charge in [0.15, 0.2) is 0 Å². The number of aromatic nitrogens is 2. The van der Waals surface area contributed by atoms with Gasteiger partial charge in [0.25, 0.3) is 0 Å². The van der Waals surface area contributed by atoms with E-state index < -0.39 is 0 Å². The van der Waals surface area contributed by atoms with Crippen molar-refractivity contribution in [1.29, 1.82) is 0 Å². The van der Waals surface area contributed by atoms with Crippen molar-refractivity contribution in [2.75, 3.05) is 5.73 Å². The van der Waals surface area contributed by atoms with Crippen LogP contribution in [0, 0.1) is 0 Å². The van der Waals surface area contributed by atoms with Crippen molar-refractivity contribution in [2.24, 2.45) is 0 Å². The Kier molecular flexibility index (Phi) is 2.73. The predicted octanol–water partition coefficient (Wildman–Crippen LogP) is 2.86. The lowest BCUT2D eigenvalue weighted by Crippen LogP contribution is -2.03. The molecule has 0 aliphatic heterocycles. The zero-order chi connectivity index (χ0) is 12.4. The topological polar surface area (TPSA) is 43.8 Å². The van der Waals surface area contributed by atoms with Crippen LogP contribution < -0.4 is 5.73 Å². The van der Waals surface area contributed by atoms with E-state index in [0.717, 1.165) is 29.6 Å². The van der Waals surface area contributed by atoms with Crippen LogP contribution in [0.4, 0.5) is 5.69 Å². The number of hydrogen-bond donors (Lipinski definition) is 1. The molecule has 3 heteroatoms. The summed E-state index contributed by atoms with van der Waals surface area (Å²) in [5, 5.41) is 5.55. The molecule has 2 aromatic carbocycles. The minimum Gasteiger partial charge on any atom is -0.399 e. The molecule has 1 aromatic heterocycles. The van der Waals surface area contributed by atoms with Crippen molar-refractivity contribution in [3.63, 3.8) is 0 Å². The van der Waals surface area contributed by atoms with Crippen LogP contribution in [0.1, 0.15) is 5.56 Å². The highest BCUT2D eigenvalue weighted by Crippen LogP contribution is 2.17. The average molecular weight is 237 g/mol. The second-order valence-electron chi connectivity index (χ2n) is 4.42. The molecular weight excluding hydrogens is 222 g/mol. The molecular formula is C15H15N3. The van der Waals surface area contributed by atoms with E-state index >= 15 is 0 Å². The molecule has 0 saturated heterocycles. The Morgan fingerprint density at radius 2 is 1.89 bits per heavy atom. The van der Waals surface area contributed by atoms with Crippen molar-refractivity contribution < 1.29 is 0 Å². The Balaban J connectivity index is 1.85. The lowest BCUT2D eigenvalue weighted by Gasteiger charge is -2.04. The van der Waals surface area contributed by atoms with Crippen molar-refractivity contribution in [2.45, 2.75) is 13.0 Å². The Morgan fingerprint density at radius 1 is 1.06 bits per heavy atom. The van der Waals surface area contributed by atoms with Gasteiger partial charge in [-0.25, -0.2) is 0 Å². The Labute approximate surface area is 106 Å². The number of aryl methyl sites for hydroxylation is 2. The normalized spacial score (nSPS) is 10.9. The summed E-state index contributed by atoms with van der Waals surface area (Å²) in [6, 6.07) is 16.3. The van der Waals surface area contributed by atoms with Crippen LogP contribution >= 0.6 is 0 Å². The predicted molar refractivity (Wildman–Crippen MR) is 74.3 cm³/mol. The highest BCUT2D eigenvalue weighted by Gasteiger charge is 2.03. The molecule has 0 atom stereocenters. The van der Waals surface area contributed by atoms with Gasteiger partial charge in [-0.3, -0.25) is 4.68 Å². The molecule has 3 rings (SSSR count). The SMILES string of the molecule is Nc1ccc2cnn(CCc3ccccc3)c2c1. The summed E-state index contributed by atoms with van der Waals surface area (Å²) in [5.74, 6) is 0.